The molecule has 0 saturated heterocycles. The Kier molecular flexibility index (Phi) is 5.58. The zero-order valence-corrected chi connectivity index (χ0v) is 12.2. The average molecular weight is 296 g/mol. The van der Waals surface area contributed by atoms with Crippen molar-refractivity contribution in [1.29, 1.82) is 0 Å². The monoisotopic (exact) mass is 296 g/mol. The van der Waals surface area contributed by atoms with Crippen molar-refractivity contribution < 1.29 is 18.7 Å². The molecule has 0 amide bonds. The Morgan fingerprint density at radius 2 is 1.86 bits per heavy atom. The predicted molar refractivity (Wildman–Crippen MR) is 76.6 cm³/mol. The fourth-order valence-electron chi connectivity index (χ4n) is 1.75. The van der Waals surface area contributed by atoms with Crippen LogP contribution in [0.1, 0.15) is 31.3 Å². The summed E-state index contributed by atoms with van der Waals surface area (Å²) in [6.45, 7) is 4.11. The molecule has 2 rings (SSSR count). The van der Waals surface area contributed by atoms with Crippen molar-refractivity contribution in [3.63, 3.8) is 0 Å². The van der Waals surface area contributed by atoms with Crippen LogP contribution in [0, 0.1) is 0 Å². The van der Waals surface area contributed by atoms with Gasteiger partial charge in [-0.3, -0.25) is 4.68 Å². The van der Waals surface area contributed by atoms with Crippen LogP contribution < -0.4 is 0 Å². The number of hydrogen-bond acceptors (Lipinski definition) is 2. The second-order valence-electron chi connectivity index (χ2n) is 4.31. The van der Waals surface area contributed by atoms with Crippen LogP contribution in [-0.4, -0.2) is 26.8 Å². The molecule has 0 aliphatic carbocycles. The van der Waals surface area contributed by atoms with Crippen LogP contribution in [0.15, 0.2) is 36.4 Å². The third-order valence-electron chi connectivity index (χ3n) is 2.50. The van der Waals surface area contributed by atoms with E-state index in [2.05, 4.69) is 5.10 Å². The van der Waals surface area contributed by atoms with Gasteiger partial charge in [-0.1, -0.05) is 44.2 Å². The molecule has 1 N–H and O–H groups in total. The summed E-state index contributed by atoms with van der Waals surface area (Å²) in [5, 5.41) is 12.6. The van der Waals surface area contributed by atoms with Crippen molar-refractivity contribution in [3.8, 4) is 11.3 Å². The molecule has 0 bridgehead atoms. The highest BCUT2D eigenvalue weighted by atomic mass is 19.3. The summed E-state index contributed by atoms with van der Waals surface area (Å²) in [6.07, 6.45) is 0. The molecule has 2 aromatic rings. The van der Waals surface area contributed by atoms with Gasteiger partial charge in [-0.2, -0.15) is 5.10 Å². The lowest BCUT2D eigenvalue weighted by molar-refractivity contribution is 0.000830. The zero-order chi connectivity index (χ0) is 16.0. The smallest absolute Gasteiger partial charge is 0.356 e. The van der Waals surface area contributed by atoms with E-state index in [1.54, 1.807) is 30.3 Å². The van der Waals surface area contributed by atoms with Gasteiger partial charge in [0.05, 0.1) is 5.69 Å². The van der Waals surface area contributed by atoms with Crippen LogP contribution >= 0.6 is 0 Å². The Hall–Kier alpha value is -2.24. The highest BCUT2D eigenvalue weighted by Crippen LogP contribution is 2.24. The Morgan fingerprint density at radius 3 is 2.33 bits per heavy atom. The molecule has 6 heteroatoms. The first-order valence-corrected chi connectivity index (χ1v) is 6.61. The number of hydrogen-bond donors (Lipinski definition) is 1. The molecule has 1 aromatic carbocycles. The van der Waals surface area contributed by atoms with Crippen molar-refractivity contribution in [2.75, 3.05) is 0 Å². The first-order valence-electron chi connectivity index (χ1n) is 6.61. The molecule has 0 aliphatic rings. The van der Waals surface area contributed by atoms with E-state index in [0.717, 1.165) is 11.6 Å². The number of alkyl halides is 2. The van der Waals surface area contributed by atoms with Gasteiger partial charge in [0.15, 0.2) is 5.69 Å². The largest absolute Gasteiger partial charge is 0.476 e. The van der Waals surface area contributed by atoms with Gasteiger partial charge in [0.25, 0.3) is 5.92 Å². The zero-order valence-electron chi connectivity index (χ0n) is 12.2. The molecular formula is C15H18F2N2O2. The molecular weight excluding hydrogens is 278 g/mol. The van der Waals surface area contributed by atoms with Gasteiger partial charge >= 0.3 is 5.97 Å². The van der Waals surface area contributed by atoms with E-state index in [9.17, 15) is 13.6 Å². The van der Waals surface area contributed by atoms with E-state index >= 15 is 0 Å². The van der Waals surface area contributed by atoms with Crippen LogP contribution in [0.4, 0.5) is 8.78 Å². The predicted octanol–water partition coefficient (Wildman–Crippen LogP) is 3.93. The van der Waals surface area contributed by atoms with Crippen LogP contribution in [0.2, 0.25) is 0 Å². The van der Waals surface area contributed by atoms with Gasteiger partial charge < -0.3 is 5.11 Å². The van der Waals surface area contributed by atoms with Crippen molar-refractivity contribution in [2.24, 2.45) is 0 Å². The highest BCUT2D eigenvalue weighted by Gasteiger charge is 2.25. The number of carbonyl (C=O) groups is 1. The van der Waals surface area contributed by atoms with Crippen molar-refractivity contribution >= 4 is 5.97 Å². The summed E-state index contributed by atoms with van der Waals surface area (Å²) in [4.78, 5) is 10.9. The first kappa shape index (κ1) is 16.8. The maximum Gasteiger partial charge on any atom is 0.356 e. The van der Waals surface area contributed by atoms with Gasteiger partial charge in [-0.15, -0.1) is 0 Å². The SMILES string of the molecule is CC.CC(F)(F)Cn1nc(C(=O)O)cc1-c1ccccc1. The second kappa shape index (κ2) is 6.97. The molecule has 21 heavy (non-hydrogen) atoms. The van der Waals surface area contributed by atoms with Crippen molar-refractivity contribution in [1.82, 2.24) is 9.78 Å². The molecule has 0 saturated carbocycles. The fourth-order valence-corrected chi connectivity index (χ4v) is 1.75. The minimum absolute atomic E-state index is 0.247. The fraction of sp³-hybridized carbons (Fsp3) is 0.333. The van der Waals surface area contributed by atoms with Crippen molar-refractivity contribution in [3.05, 3.63) is 42.1 Å². The first-order chi connectivity index (χ1) is 9.87. The number of rotatable bonds is 4. The molecule has 1 heterocycles. The number of halogens is 2. The van der Waals surface area contributed by atoms with Gasteiger partial charge in [0.2, 0.25) is 0 Å². The molecule has 1 aromatic heterocycles. The second-order valence-corrected chi connectivity index (χ2v) is 4.31. The van der Waals surface area contributed by atoms with Crippen LogP contribution in [0.5, 0.6) is 0 Å². The summed E-state index contributed by atoms with van der Waals surface area (Å²) in [5.74, 6) is -4.21. The van der Waals surface area contributed by atoms with Crippen LogP contribution in [-0.2, 0) is 6.54 Å². The van der Waals surface area contributed by atoms with E-state index in [1.165, 1.54) is 6.07 Å². The summed E-state index contributed by atoms with van der Waals surface area (Å²) in [6, 6.07) is 10.0. The number of nitrogens with zero attached hydrogens (tertiary/aromatic N) is 2. The number of aromatic nitrogens is 2. The molecule has 0 unspecified atom stereocenters. The van der Waals surface area contributed by atoms with Gasteiger partial charge in [0, 0.05) is 6.92 Å². The van der Waals surface area contributed by atoms with Gasteiger partial charge in [-0.25, -0.2) is 13.6 Å². The van der Waals surface area contributed by atoms with Crippen LogP contribution in [0.3, 0.4) is 0 Å². The van der Waals surface area contributed by atoms with Crippen LogP contribution in [0.25, 0.3) is 11.3 Å². The number of carboxylic acids is 1. The molecule has 4 nitrogen and oxygen atoms in total. The van der Waals surface area contributed by atoms with E-state index in [1.807, 2.05) is 13.8 Å². The number of carboxylic acid groups (broad SMARTS) is 1. The molecule has 0 radical (unpaired) electrons. The number of benzene rings is 1. The highest BCUT2D eigenvalue weighted by molar-refractivity contribution is 5.87. The third kappa shape index (κ3) is 4.66. The molecule has 0 spiro atoms. The molecule has 0 atom stereocenters. The van der Waals surface area contributed by atoms with Crippen molar-refractivity contribution in [2.45, 2.75) is 33.2 Å². The minimum atomic E-state index is -2.97. The van der Waals surface area contributed by atoms with Gasteiger partial charge in [-0.05, 0) is 11.6 Å². The third-order valence-corrected chi connectivity index (χ3v) is 2.50. The molecule has 0 aliphatic heterocycles. The molecule has 0 fully saturated rings. The molecule has 114 valence electrons. The Morgan fingerprint density at radius 1 is 1.29 bits per heavy atom. The summed E-state index contributed by atoms with van der Waals surface area (Å²) in [7, 11) is 0. The summed E-state index contributed by atoms with van der Waals surface area (Å²) >= 11 is 0. The maximum atomic E-state index is 13.1. The summed E-state index contributed by atoms with van der Waals surface area (Å²) in [5.41, 5.74) is 0.759. The van der Waals surface area contributed by atoms with Gasteiger partial charge in [0.1, 0.15) is 6.54 Å². The summed E-state index contributed by atoms with van der Waals surface area (Å²) < 4.78 is 27.2. The van der Waals surface area contributed by atoms with E-state index in [0.29, 0.717) is 11.3 Å². The standard InChI is InChI=1S/C13H12F2N2O2.C2H6/c1-13(14,15)8-17-11(7-10(16-17)12(18)19)9-5-3-2-4-6-9;1-2/h2-7H,8H2,1H3,(H,18,19);1-2H3. The minimum Gasteiger partial charge on any atom is -0.476 e. The lowest BCUT2D eigenvalue weighted by atomic mass is 10.1. The quantitative estimate of drug-likeness (QED) is 0.930. The number of aromatic carboxylic acids is 1. The maximum absolute atomic E-state index is 13.1. The lowest BCUT2D eigenvalue weighted by Gasteiger charge is -2.12. The topological polar surface area (TPSA) is 55.1 Å². The normalized spacial score (nSPS) is 10.7. The lowest BCUT2D eigenvalue weighted by Crippen LogP contribution is -2.21. The Labute approximate surface area is 122 Å². The van der Waals surface area contributed by atoms with E-state index in [-0.39, 0.29) is 5.69 Å². The Balaban J connectivity index is 0.00000106. The Bertz CT molecular complexity index is 589. The average Bonchev–Trinajstić information content (AvgIpc) is 2.84. The van der Waals surface area contributed by atoms with E-state index < -0.39 is 18.4 Å². The van der Waals surface area contributed by atoms with E-state index in [4.69, 9.17) is 5.11 Å².